The van der Waals surface area contributed by atoms with Crippen LogP contribution in [0.25, 0.3) is 0 Å². The molecule has 1 unspecified atom stereocenters. The van der Waals surface area contributed by atoms with E-state index in [2.05, 4.69) is 15.5 Å². The van der Waals surface area contributed by atoms with Gasteiger partial charge in [0.1, 0.15) is 12.1 Å². The van der Waals surface area contributed by atoms with Gasteiger partial charge in [0.05, 0.1) is 5.69 Å². The van der Waals surface area contributed by atoms with E-state index in [1.54, 1.807) is 20.8 Å². The molecule has 1 atom stereocenters. The molecule has 0 aliphatic rings. The number of amides is 2. The number of ether oxygens (including phenoxy) is 1. The number of aliphatic carboxylic acids is 1. The zero-order valence-electron chi connectivity index (χ0n) is 14.7. The highest BCUT2D eigenvalue weighted by Crippen LogP contribution is 2.11. The van der Waals surface area contributed by atoms with E-state index >= 15 is 0 Å². The topological polar surface area (TPSA) is 162 Å². The average molecular weight is 370 g/mol. The number of rotatable bonds is 7. The second-order valence-corrected chi connectivity index (χ2v) is 6.33. The molecule has 1 aromatic heterocycles. The second-order valence-electron chi connectivity index (χ2n) is 6.33. The molecule has 1 heterocycles. The predicted octanol–water partition coefficient (Wildman–Crippen LogP) is -0.759. The van der Waals surface area contributed by atoms with Crippen LogP contribution in [0.15, 0.2) is 16.9 Å². The Balaban J connectivity index is 2.71. The Hall–Kier alpha value is -2.95. The molecule has 0 spiro atoms. The molecule has 11 nitrogen and oxygen atoms in total. The quantitative estimate of drug-likeness (QED) is 0.487. The van der Waals surface area contributed by atoms with Crippen LogP contribution in [0.5, 0.6) is 0 Å². The Bertz CT molecular complexity index is 690. The summed E-state index contributed by atoms with van der Waals surface area (Å²) in [5, 5.41) is 27.0. The highest BCUT2D eigenvalue weighted by Gasteiger charge is 2.27. The normalized spacial score (nSPS) is 12.2. The molecule has 0 saturated heterocycles. The molecule has 2 amide bonds. The first-order chi connectivity index (χ1) is 12.0. The molecular formula is C15H22N4O7. The maximum Gasteiger partial charge on any atom is 0.407 e. The third kappa shape index (κ3) is 7.30. The Morgan fingerprint density at radius 3 is 2.50 bits per heavy atom. The number of carboxylic acids is 1. The summed E-state index contributed by atoms with van der Waals surface area (Å²) in [6, 6.07) is 2.23. The summed E-state index contributed by atoms with van der Waals surface area (Å²) in [5.41, 5.74) is -1.35. The molecule has 0 bridgehead atoms. The highest BCUT2D eigenvalue weighted by molar-refractivity contribution is 5.85. The van der Waals surface area contributed by atoms with Gasteiger partial charge in [0.15, 0.2) is 6.10 Å². The minimum atomic E-state index is -1.76. The van der Waals surface area contributed by atoms with Crippen LogP contribution >= 0.6 is 0 Å². The fourth-order valence-corrected chi connectivity index (χ4v) is 1.84. The summed E-state index contributed by atoms with van der Waals surface area (Å²) in [7, 11) is 0. The first kappa shape index (κ1) is 21.1. The van der Waals surface area contributed by atoms with E-state index in [9.17, 15) is 24.3 Å². The van der Waals surface area contributed by atoms with E-state index in [-0.39, 0.29) is 18.8 Å². The molecular weight excluding hydrogens is 348 g/mol. The number of alkyl carbamates (subject to hydrolysis) is 1. The summed E-state index contributed by atoms with van der Waals surface area (Å²) in [4.78, 5) is 46.6. The van der Waals surface area contributed by atoms with Crippen LogP contribution in [0, 0.1) is 0 Å². The van der Waals surface area contributed by atoms with Crippen molar-refractivity contribution in [3.63, 3.8) is 0 Å². The number of H-pyrrole nitrogens is 1. The fraction of sp³-hybridized carbons (Fsp3) is 0.533. The van der Waals surface area contributed by atoms with Crippen molar-refractivity contribution >= 4 is 18.0 Å². The second kappa shape index (κ2) is 8.94. The Morgan fingerprint density at radius 1 is 1.35 bits per heavy atom. The van der Waals surface area contributed by atoms with Gasteiger partial charge in [-0.25, -0.2) is 9.89 Å². The van der Waals surface area contributed by atoms with Gasteiger partial charge in [0, 0.05) is 19.2 Å². The smallest absolute Gasteiger partial charge is 0.407 e. The lowest BCUT2D eigenvalue weighted by molar-refractivity contribution is -0.149. The number of aliphatic hydroxyl groups is 1. The predicted molar refractivity (Wildman–Crippen MR) is 88.3 cm³/mol. The lowest BCUT2D eigenvalue weighted by Gasteiger charge is -2.24. The van der Waals surface area contributed by atoms with E-state index in [0.29, 0.717) is 0 Å². The number of nitrogens with zero attached hydrogens (tertiary/aromatic N) is 2. The van der Waals surface area contributed by atoms with Crippen LogP contribution in [-0.4, -0.2) is 68.5 Å². The van der Waals surface area contributed by atoms with Crippen molar-refractivity contribution in [2.75, 3.05) is 19.6 Å². The average Bonchev–Trinajstić information content (AvgIpc) is 2.51. The van der Waals surface area contributed by atoms with Gasteiger partial charge >= 0.3 is 12.1 Å². The standard InChI is InChI=1S/C15H22N4O7/c1-15(2,3)26-14(25)16-6-7-19(8-11(21)22)13(24)12(23)9-4-5-10(20)18-17-9/h4-5,12,23H,6-8H2,1-3H3,(H,16,25)(H,18,20)(H,21,22). The van der Waals surface area contributed by atoms with Gasteiger partial charge in [-0.15, -0.1) is 0 Å². The van der Waals surface area contributed by atoms with Crippen LogP contribution < -0.4 is 10.9 Å². The summed E-state index contributed by atoms with van der Waals surface area (Å²) < 4.78 is 5.03. The van der Waals surface area contributed by atoms with E-state index in [4.69, 9.17) is 9.84 Å². The van der Waals surface area contributed by atoms with Gasteiger partial charge in [-0.05, 0) is 26.8 Å². The van der Waals surface area contributed by atoms with Crippen molar-refractivity contribution in [1.82, 2.24) is 20.4 Å². The first-order valence-electron chi connectivity index (χ1n) is 7.70. The molecule has 4 N–H and O–H groups in total. The minimum Gasteiger partial charge on any atom is -0.480 e. The molecule has 26 heavy (non-hydrogen) atoms. The van der Waals surface area contributed by atoms with Crippen molar-refractivity contribution in [3.05, 3.63) is 28.2 Å². The molecule has 0 radical (unpaired) electrons. The van der Waals surface area contributed by atoms with Crippen molar-refractivity contribution in [1.29, 1.82) is 0 Å². The van der Waals surface area contributed by atoms with Gasteiger partial charge in [-0.2, -0.15) is 5.10 Å². The highest BCUT2D eigenvalue weighted by atomic mass is 16.6. The summed E-state index contributed by atoms with van der Waals surface area (Å²) in [6.45, 7) is 4.10. The maximum absolute atomic E-state index is 12.3. The molecule has 11 heteroatoms. The first-order valence-corrected chi connectivity index (χ1v) is 7.70. The van der Waals surface area contributed by atoms with Gasteiger partial charge in [0.25, 0.3) is 11.5 Å². The summed E-state index contributed by atoms with van der Waals surface area (Å²) in [6.07, 6.45) is -2.48. The molecule has 0 saturated carbocycles. The third-order valence-corrected chi connectivity index (χ3v) is 2.90. The molecule has 0 aliphatic heterocycles. The van der Waals surface area contributed by atoms with Gasteiger partial charge in [-0.3, -0.25) is 14.4 Å². The third-order valence-electron chi connectivity index (χ3n) is 2.90. The van der Waals surface area contributed by atoms with Crippen molar-refractivity contribution in [2.24, 2.45) is 0 Å². The van der Waals surface area contributed by atoms with Crippen LogP contribution in [-0.2, 0) is 14.3 Å². The number of hydrogen-bond donors (Lipinski definition) is 4. The van der Waals surface area contributed by atoms with E-state index in [1.807, 2.05) is 0 Å². The number of aromatic amines is 1. The van der Waals surface area contributed by atoms with Crippen LogP contribution in [0.4, 0.5) is 4.79 Å². The molecule has 1 aromatic rings. The number of nitrogens with one attached hydrogen (secondary N) is 2. The largest absolute Gasteiger partial charge is 0.480 e. The molecule has 0 fully saturated rings. The number of hydrogen-bond acceptors (Lipinski definition) is 7. The number of carbonyl (C=O) groups is 3. The van der Waals surface area contributed by atoms with Crippen LogP contribution in [0.2, 0.25) is 0 Å². The van der Waals surface area contributed by atoms with Gasteiger partial charge in [0.2, 0.25) is 0 Å². The summed E-state index contributed by atoms with van der Waals surface area (Å²) >= 11 is 0. The Morgan fingerprint density at radius 2 is 2.00 bits per heavy atom. The van der Waals surface area contributed by atoms with E-state index in [0.717, 1.165) is 17.0 Å². The van der Waals surface area contributed by atoms with Crippen LogP contribution in [0.1, 0.15) is 32.6 Å². The SMILES string of the molecule is CC(C)(C)OC(=O)NCCN(CC(=O)O)C(=O)C(O)c1ccc(=O)[nH]n1. The van der Waals surface area contributed by atoms with Gasteiger partial charge in [-0.1, -0.05) is 0 Å². The maximum atomic E-state index is 12.3. The van der Waals surface area contributed by atoms with Crippen molar-refractivity contribution < 1.29 is 29.3 Å². The molecule has 1 rings (SSSR count). The van der Waals surface area contributed by atoms with Gasteiger partial charge < -0.3 is 25.2 Å². The monoisotopic (exact) mass is 370 g/mol. The zero-order chi connectivity index (χ0) is 19.9. The lowest BCUT2D eigenvalue weighted by atomic mass is 10.2. The number of aliphatic hydroxyl groups excluding tert-OH is 1. The van der Waals surface area contributed by atoms with E-state index in [1.165, 1.54) is 0 Å². The lowest BCUT2D eigenvalue weighted by Crippen LogP contribution is -2.44. The molecule has 144 valence electrons. The van der Waals surface area contributed by atoms with E-state index < -0.39 is 41.8 Å². The summed E-state index contributed by atoms with van der Waals surface area (Å²) in [5.74, 6) is -2.23. The fourth-order valence-electron chi connectivity index (χ4n) is 1.84. The Labute approximate surface area is 149 Å². The molecule has 0 aromatic carbocycles. The number of carbonyl (C=O) groups excluding carboxylic acids is 2. The van der Waals surface area contributed by atoms with Crippen LogP contribution in [0.3, 0.4) is 0 Å². The Kier molecular flexibility index (Phi) is 7.26. The van der Waals surface area contributed by atoms with Crippen molar-refractivity contribution in [3.8, 4) is 0 Å². The minimum absolute atomic E-state index is 0.0836. The van der Waals surface area contributed by atoms with Crippen molar-refractivity contribution in [2.45, 2.75) is 32.5 Å². The zero-order valence-corrected chi connectivity index (χ0v) is 14.7. The number of carboxylic acid groups (broad SMARTS) is 1. The molecule has 0 aliphatic carbocycles. The number of aromatic nitrogens is 2.